The Morgan fingerprint density at radius 1 is 1.39 bits per heavy atom. The van der Waals surface area contributed by atoms with Crippen molar-refractivity contribution in [3.63, 3.8) is 0 Å². The highest BCUT2D eigenvalue weighted by molar-refractivity contribution is 5.84. The number of rotatable bonds is 3. The van der Waals surface area contributed by atoms with E-state index in [-0.39, 0.29) is 23.0 Å². The molecule has 1 aliphatic carbocycles. The van der Waals surface area contributed by atoms with Crippen molar-refractivity contribution in [2.75, 3.05) is 13.2 Å². The van der Waals surface area contributed by atoms with Crippen molar-refractivity contribution in [2.45, 2.75) is 58.1 Å². The Labute approximate surface area is 110 Å². The zero-order valence-corrected chi connectivity index (χ0v) is 11.8. The van der Waals surface area contributed by atoms with Crippen molar-refractivity contribution >= 4 is 5.91 Å². The van der Waals surface area contributed by atoms with Gasteiger partial charge in [-0.1, -0.05) is 6.92 Å². The molecule has 0 radical (unpaired) electrons. The molecule has 0 aromatic rings. The molecule has 1 unspecified atom stereocenters. The Morgan fingerprint density at radius 3 is 2.56 bits per heavy atom. The van der Waals surface area contributed by atoms with Crippen molar-refractivity contribution in [2.24, 2.45) is 17.1 Å². The van der Waals surface area contributed by atoms with Crippen molar-refractivity contribution in [1.82, 2.24) is 5.32 Å². The van der Waals surface area contributed by atoms with Gasteiger partial charge < -0.3 is 15.8 Å². The summed E-state index contributed by atoms with van der Waals surface area (Å²) in [5.41, 5.74) is 5.39. The van der Waals surface area contributed by atoms with Crippen LogP contribution in [0.25, 0.3) is 0 Å². The van der Waals surface area contributed by atoms with E-state index in [1.165, 1.54) is 0 Å². The lowest BCUT2D eigenvalue weighted by Crippen LogP contribution is -2.57. The number of nitrogens with two attached hydrogens (primary N) is 1. The third-order valence-corrected chi connectivity index (χ3v) is 4.38. The molecule has 0 aromatic carbocycles. The Hall–Kier alpha value is -0.610. The predicted molar refractivity (Wildman–Crippen MR) is 71.1 cm³/mol. The number of carbonyl (C=O) groups is 1. The number of carbonyl (C=O) groups excluding carboxylic acids is 1. The van der Waals surface area contributed by atoms with Crippen LogP contribution in [0.3, 0.4) is 0 Å². The summed E-state index contributed by atoms with van der Waals surface area (Å²) >= 11 is 0. The molecule has 2 fully saturated rings. The molecule has 4 heteroatoms. The van der Waals surface area contributed by atoms with Gasteiger partial charge in [0.1, 0.15) is 0 Å². The summed E-state index contributed by atoms with van der Waals surface area (Å²) in [6, 6.07) is 0.237. The highest BCUT2D eigenvalue weighted by Crippen LogP contribution is 2.45. The monoisotopic (exact) mass is 254 g/mol. The van der Waals surface area contributed by atoms with Gasteiger partial charge in [-0.2, -0.15) is 0 Å². The van der Waals surface area contributed by atoms with Gasteiger partial charge in [0, 0.05) is 19.2 Å². The largest absolute Gasteiger partial charge is 0.375 e. The molecule has 0 spiro atoms. The van der Waals surface area contributed by atoms with Gasteiger partial charge in [0.15, 0.2) is 0 Å². The van der Waals surface area contributed by atoms with Crippen molar-refractivity contribution in [3.8, 4) is 0 Å². The van der Waals surface area contributed by atoms with Gasteiger partial charge in [-0.25, -0.2) is 0 Å². The minimum atomic E-state index is -0.290. The highest BCUT2D eigenvalue weighted by atomic mass is 16.5. The quantitative estimate of drug-likeness (QED) is 0.801. The summed E-state index contributed by atoms with van der Waals surface area (Å²) in [5.74, 6) is 0.788. The van der Waals surface area contributed by atoms with Crippen LogP contribution in [0.5, 0.6) is 0 Å². The molecule has 4 nitrogen and oxygen atoms in total. The number of ether oxygens (including phenoxy) is 1. The third kappa shape index (κ3) is 2.69. The first-order chi connectivity index (χ1) is 8.37. The lowest BCUT2D eigenvalue weighted by molar-refractivity contribution is -0.140. The Kier molecular flexibility index (Phi) is 3.70. The maximum Gasteiger partial charge on any atom is 0.227 e. The molecular formula is C14H26N2O2. The van der Waals surface area contributed by atoms with Crippen LogP contribution in [-0.4, -0.2) is 30.7 Å². The van der Waals surface area contributed by atoms with Gasteiger partial charge in [0.2, 0.25) is 5.91 Å². The van der Waals surface area contributed by atoms with Crippen LogP contribution in [0.1, 0.15) is 46.5 Å². The van der Waals surface area contributed by atoms with Crippen LogP contribution in [0.2, 0.25) is 0 Å². The standard InChI is InChI=1S/C14H26N2O2/c1-10-6-14(7-10,9-15)12(17)16-11-4-5-18-13(2,3)8-11/h10-11H,4-9,15H2,1-3H3,(H,16,17). The average molecular weight is 254 g/mol. The molecule has 1 saturated carbocycles. The fourth-order valence-electron chi connectivity index (χ4n) is 3.41. The van der Waals surface area contributed by atoms with Gasteiger partial charge in [0.25, 0.3) is 0 Å². The first-order valence-electron chi connectivity index (χ1n) is 7.02. The molecule has 3 N–H and O–H groups in total. The van der Waals surface area contributed by atoms with E-state index < -0.39 is 0 Å². The molecule has 1 atom stereocenters. The third-order valence-electron chi connectivity index (χ3n) is 4.38. The molecular weight excluding hydrogens is 228 g/mol. The normalized spacial score (nSPS) is 38.9. The van der Waals surface area contributed by atoms with E-state index in [4.69, 9.17) is 10.5 Å². The van der Waals surface area contributed by atoms with E-state index >= 15 is 0 Å². The van der Waals surface area contributed by atoms with Crippen LogP contribution in [0.15, 0.2) is 0 Å². The minimum Gasteiger partial charge on any atom is -0.375 e. The molecule has 18 heavy (non-hydrogen) atoms. The Balaban J connectivity index is 1.91. The van der Waals surface area contributed by atoms with Crippen molar-refractivity contribution < 1.29 is 9.53 Å². The van der Waals surface area contributed by atoms with Gasteiger partial charge in [-0.05, 0) is 45.4 Å². The molecule has 0 bridgehead atoms. The van der Waals surface area contributed by atoms with Crippen LogP contribution in [0, 0.1) is 11.3 Å². The van der Waals surface area contributed by atoms with Gasteiger partial charge in [-0.3, -0.25) is 4.79 Å². The Morgan fingerprint density at radius 2 is 2.06 bits per heavy atom. The number of hydrogen-bond donors (Lipinski definition) is 2. The average Bonchev–Trinajstić information content (AvgIpc) is 2.22. The van der Waals surface area contributed by atoms with Crippen molar-refractivity contribution in [1.29, 1.82) is 0 Å². The molecule has 1 aliphatic heterocycles. The minimum absolute atomic E-state index is 0.126. The molecule has 0 aromatic heterocycles. The summed E-state index contributed by atoms with van der Waals surface area (Å²) in [6.45, 7) is 7.53. The molecule has 1 amide bonds. The first-order valence-corrected chi connectivity index (χ1v) is 7.02. The summed E-state index contributed by atoms with van der Waals surface area (Å²) in [7, 11) is 0. The molecule has 1 heterocycles. The zero-order valence-electron chi connectivity index (χ0n) is 11.8. The fourth-order valence-corrected chi connectivity index (χ4v) is 3.41. The highest BCUT2D eigenvalue weighted by Gasteiger charge is 2.47. The van der Waals surface area contributed by atoms with Crippen LogP contribution >= 0.6 is 0 Å². The van der Waals surface area contributed by atoms with E-state index in [9.17, 15) is 4.79 Å². The lowest BCUT2D eigenvalue weighted by atomic mass is 9.62. The Bertz CT molecular complexity index is 322. The van der Waals surface area contributed by atoms with Crippen LogP contribution in [-0.2, 0) is 9.53 Å². The topological polar surface area (TPSA) is 64.4 Å². The zero-order chi connectivity index (χ0) is 13.4. The van der Waals surface area contributed by atoms with E-state index in [1.54, 1.807) is 0 Å². The molecule has 2 rings (SSSR count). The molecule has 104 valence electrons. The second-order valence-corrected chi connectivity index (χ2v) is 6.77. The van der Waals surface area contributed by atoms with Crippen molar-refractivity contribution in [3.05, 3.63) is 0 Å². The van der Waals surface area contributed by atoms with Crippen LogP contribution in [0.4, 0.5) is 0 Å². The second-order valence-electron chi connectivity index (χ2n) is 6.77. The maximum absolute atomic E-state index is 12.4. The summed E-state index contributed by atoms with van der Waals surface area (Å²) < 4.78 is 5.67. The number of nitrogens with one attached hydrogen (secondary N) is 1. The summed E-state index contributed by atoms with van der Waals surface area (Å²) in [5, 5.41) is 3.19. The van der Waals surface area contributed by atoms with Crippen LogP contribution < -0.4 is 11.1 Å². The molecule has 2 aliphatic rings. The smallest absolute Gasteiger partial charge is 0.227 e. The fraction of sp³-hybridized carbons (Fsp3) is 0.929. The van der Waals surface area contributed by atoms with Gasteiger partial charge >= 0.3 is 0 Å². The van der Waals surface area contributed by atoms with E-state index in [0.717, 1.165) is 32.3 Å². The number of amides is 1. The van der Waals surface area contributed by atoms with Gasteiger partial charge in [-0.15, -0.1) is 0 Å². The van der Waals surface area contributed by atoms with E-state index in [0.29, 0.717) is 12.5 Å². The SMILES string of the molecule is CC1CC(CN)(C(=O)NC2CCOC(C)(C)C2)C1. The summed E-state index contributed by atoms with van der Waals surface area (Å²) in [4.78, 5) is 12.4. The molecule has 1 saturated heterocycles. The second kappa shape index (κ2) is 4.82. The first kappa shape index (κ1) is 13.8. The van der Waals surface area contributed by atoms with E-state index in [1.807, 2.05) is 0 Å². The predicted octanol–water partition coefficient (Wildman–Crippen LogP) is 1.44. The van der Waals surface area contributed by atoms with Gasteiger partial charge in [0.05, 0.1) is 11.0 Å². The number of hydrogen-bond acceptors (Lipinski definition) is 3. The lowest BCUT2D eigenvalue weighted by Gasteiger charge is -2.46. The van der Waals surface area contributed by atoms with E-state index in [2.05, 4.69) is 26.1 Å². The maximum atomic E-state index is 12.4. The summed E-state index contributed by atoms with van der Waals surface area (Å²) in [6.07, 6.45) is 3.66.